The zero-order valence-electron chi connectivity index (χ0n) is 14.9. The molecule has 1 saturated heterocycles. The van der Waals surface area contributed by atoms with Crippen molar-refractivity contribution in [1.82, 2.24) is 0 Å². The van der Waals surface area contributed by atoms with Gasteiger partial charge in [0.1, 0.15) is 12.7 Å². The molecule has 0 unspecified atom stereocenters. The van der Waals surface area contributed by atoms with Crippen molar-refractivity contribution in [2.24, 2.45) is 5.92 Å². The van der Waals surface area contributed by atoms with Gasteiger partial charge < -0.3 is 19.7 Å². The molecule has 0 radical (unpaired) electrons. The first-order chi connectivity index (χ1) is 12.3. The number of hydrogen-bond donors (Lipinski definition) is 2. The molecule has 6 nitrogen and oxygen atoms in total. The lowest BCUT2D eigenvalue weighted by atomic mass is 9.87. The molecule has 1 aliphatic heterocycles. The van der Waals surface area contributed by atoms with Crippen LogP contribution in [0, 0.1) is 5.92 Å². The van der Waals surface area contributed by atoms with E-state index in [0.717, 1.165) is 11.1 Å². The second-order valence-corrected chi connectivity index (χ2v) is 7.19. The number of hydrogen-bond acceptors (Lipinski definition) is 6. The number of carbonyl (C=O) groups is 2. The number of esters is 2. The van der Waals surface area contributed by atoms with Gasteiger partial charge in [-0.25, -0.2) is 9.59 Å². The minimum atomic E-state index is -1.73. The van der Waals surface area contributed by atoms with E-state index in [1.165, 1.54) is 6.92 Å². The highest BCUT2D eigenvalue weighted by Gasteiger charge is 2.38. The number of ether oxygens (including phenoxy) is 2. The van der Waals surface area contributed by atoms with Crippen LogP contribution in [0.5, 0.6) is 0 Å². The first kappa shape index (κ1) is 20.7. The Labute approximate surface area is 158 Å². The number of carbonyl (C=O) groups excluding carboxylic acids is 2. The van der Waals surface area contributed by atoms with E-state index in [0.29, 0.717) is 31.3 Å². The minimum Gasteiger partial charge on any atom is -0.459 e. The molecule has 0 aromatic carbocycles. The molecule has 2 rings (SSSR count). The monoisotopic (exact) mass is 384 g/mol. The molecule has 0 saturated carbocycles. The molecule has 0 amide bonds. The van der Waals surface area contributed by atoms with Gasteiger partial charge >= 0.3 is 11.9 Å². The van der Waals surface area contributed by atoms with Gasteiger partial charge in [-0.3, -0.25) is 0 Å². The highest BCUT2D eigenvalue weighted by Crippen LogP contribution is 2.34. The highest BCUT2D eigenvalue weighted by atomic mass is 35.5. The molecule has 1 fully saturated rings. The summed E-state index contributed by atoms with van der Waals surface area (Å²) >= 11 is 5.57. The van der Waals surface area contributed by atoms with Gasteiger partial charge in [-0.1, -0.05) is 18.7 Å². The van der Waals surface area contributed by atoms with Gasteiger partial charge in [-0.15, -0.1) is 11.6 Å². The second kappa shape index (κ2) is 8.84. The number of aliphatic hydroxyl groups is 2. The third-order valence-electron chi connectivity index (χ3n) is 4.73. The summed E-state index contributed by atoms with van der Waals surface area (Å²) < 4.78 is 10.6. The standard InChI is InChI=1S/C19H25ClO6/c1-12-15-7-6-13(10-25-18(23)19(2,24)11-20)4-3-5-14(9-21)8-16(15)26-17(12)22/h5-6,15-16,21,24H,1,3-4,7-11H2,2H3/b13-6-,14-5-/t15-,16+,19+/m1/s1. The summed E-state index contributed by atoms with van der Waals surface area (Å²) in [4.78, 5) is 23.7. The Morgan fingerprint density at radius 2 is 2.19 bits per heavy atom. The maximum atomic E-state index is 11.9. The molecule has 26 heavy (non-hydrogen) atoms. The van der Waals surface area contributed by atoms with Crippen molar-refractivity contribution in [3.63, 3.8) is 0 Å². The normalized spacial score (nSPS) is 30.2. The van der Waals surface area contributed by atoms with Gasteiger partial charge in [-0.2, -0.15) is 0 Å². The molecule has 0 aromatic heterocycles. The highest BCUT2D eigenvalue weighted by molar-refractivity contribution is 6.20. The van der Waals surface area contributed by atoms with Gasteiger partial charge in [0.05, 0.1) is 12.5 Å². The van der Waals surface area contributed by atoms with Crippen molar-refractivity contribution >= 4 is 23.5 Å². The number of allylic oxidation sites excluding steroid dienone is 2. The third-order valence-corrected chi connectivity index (χ3v) is 5.25. The molecule has 2 N–H and O–H groups in total. The molecular formula is C19H25ClO6. The molecular weight excluding hydrogens is 360 g/mol. The topological polar surface area (TPSA) is 93.1 Å². The van der Waals surface area contributed by atoms with Crippen LogP contribution in [0.15, 0.2) is 35.5 Å². The second-order valence-electron chi connectivity index (χ2n) is 6.92. The number of fused-ring (bicyclic) bond motifs is 1. The van der Waals surface area contributed by atoms with E-state index in [2.05, 4.69) is 6.58 Å². The third kappa shape index (κ3) is 4.96. The van der Waals surface area contributed by atoms with Gasteiger partial charge in [0.15, 0.2) is 5.60 Å². The van der Waals surface area contributed by atoms with Crippen LogP contribution in [0.4, 0.5) is 0 Å². The van der Waals surface area contributed by atoms with Gasteiger partial charge in [-0.05, 0) is 37.3 Å². The SMILES string of the molecule is C=C1C(=O)O[C@H]2C/C(CO)=C/CC/C(COC(=O)[C@@](C)(O)CCl)=C/C[C@H]12. The van der Waals surface area contributed by atoms with E-state index < -0.39 is 17.5 Å². The Balaban J connectivity index is 2.12. The lowest BCUT2D eigenvalue weighted by molar-refractivity contribution is -0.160. The van der Waals surface area contributed by atoms with Crippen LogP contribution >= 0.6 is 11.6 Å². The Morgan fingerprint density at radius 3 is 2.85 bits per heavy atom. The summed E-state index contributed by atoms with van der Waals surface area (Å²) in [5, 5.41) is 19.4. The fourth-order valence-electron chi connectivity index (χ4n) is 2.98. The first-order valence-corrected chi connectivity index (χ1v) is 9.14. The molecule has 7 heteroatoms. The van der Waals surface area contributed by atoms with Crippen LogP contribution in [0.1, 0.15) is 32.6 Å². The van der Waals surface area contributed by atoms with Crippen LogP contribution in [0.3, 0.4) is 0 Å². The molecule has 0 aromatic rings. The Kier molecular flexibility index (Phi) is 7.03. The maximum absolute atomic E-state index is 11.9. The molecule has 144 valence electrons. The number of halogens is 1. The zero-order chi connectivity index (χ0) is 19.3. The Bertz CT molecular complexity index is 634. The Hall–Kier alpha value is -1.63. The van der Waals surface area contributed by atoms with Crippen molar-refractivity contribution in [2.45, 2.75) is 44.3 Å². The lowest BCUT2D eigenvalue weighted by Gasteiger charge is -2.21. The maximum Gasteiger partial charge on any atom is 0.339 e. The van der Waals surface area contributed by atoms with Gasteiger partial charge in [0, 0.05) is 17.9 Å². The fourth-order valence-corrected chi connectivity index (χ4v) is 3.09. The van der Waals surface area contributed by atoms with Crippen molar-refractivity contribution in [1.29, 1.82) is 0 Å². The average Bonchev–Trinajstić information content (AvgIpc) is 2.89. The number of alkyl halides is 1. The molecule has 2 aliphatic rings. The molecule has 1 aliphatic carbocycles. The predicted molar refractivity (Wildman–Crippen MR) is 96.5 cm³/mol. The van der Waals surface area contributed by atoms with E-state index in [1.54, 1.807) is 0 Å². The lowest BCUT2D eigenvalue weighted by Crippen LogP contribution is -2.39. The quantitative estimate of drug-likeness (QED) is 0.326. The van der Waals surface area contributed by atoms with Crippen molar-refractivity contribution in [2.75, 3.05) is 19.1 Å². The van der Waals surface area contributed by atoms with Crippen LogP contribution < -0.4 is 0 Å². The predicted octanol–water partition coefficient (Wildman–Crippen LogP) is 2.04. The van der Waals surface area contributed by atoms with E-state index in [-0.39, 0.29) is 31.1 Å². The van der Waals surface area contributed by atoms with Crippen molar-refractivity contribution < 1.29 is 29.3 Å². The summed E-state index contributed by atoms with van der Waals surface area (Å²) in [5.41, 5.74) is 0.370. The van der Waals surface area contributed by atoms with Crippen LogP contribution in [0.2, 0.25) is 0 Å². The van der Waals surface area contributed by atoms with Gasteiger partial charge in [0.25, 0.3) is 0 Å². The van der Waals surface area contributed by atoms with E-state index in [1.807, 2.05) is 12.2 Å². The molecule has 0 bridgehead atoms. The zero-order valence-corrected chi connectivity index (χ0v) is 15.6. The largest absolute Gasteiger partial charge is 0.459 e. The van der Waals surface area contributed by atoms with Crippen molar-refractivity contribution in [3.8, 4) is 0 Å². The smallest absolute Gasteiger partial charge is 0.339 e. The summed E-state index contributed by atoms with van der Waals surface area (Å²) in [6.07, 6.45) is 5.84. The number of aliphatic hydroxyl groups excluding tert-OH is 1. The molecule has 3 atom stereocenters. The summed E-state index contributed by atoms with van der Waals surface area (Å²) in [5.74, 6) is -1.61. The molecule has 0 spiro atoms. The van der Waals surface area contributed by atoms with E-state index >= 15 is 0 Å². The fraction of sp³-hybridized carbons (Fsp3) is 0.579. The Morgan fingerprint density at radius 1 is 1.46 bits per heavy atom. The van der Waals surface area contributed by atoms with Crippen molar-refractivity contribution in [3.05, 3.63) is 35.5 Å². The summed E-state index contributed by atoms with van der Waals surface area (Å²) in [6, 6.07) is 0. The summed E-state index contributed by atoms with van der Waals surface area (Å²) in [7, 11) is 0. The first-order valence-electron chi connectivity index (χ1n) is 8.60. The van der Waals surface area contributed by atoms with E-state index in [9.17, 15) is 19.8 Å². The van der Waals surface area contributed by atoms with E-state index in [4.69, 9.17) is 21.1 Å². The van der Waals surface area contributed by atoms with Gasteiger partial charge in [0.2, 0.25) is 0 Å². The number of rotatable bonds is 5. The minimum absolute atomic E-state index is 0.0346. The average molecular weight is 385 g/mol. The summed E-state index contributed by atoms with van der Waals surface area (Å²) in [6.45, 7) is 5.06. The molecule has 1 heterocycles. The van der Waals surface area contributed by atoms with Crippen LogP contribution in [-0.4, -0.2) is 53.0 Å². The van der Waals surface area contributed by atoms with Crippen LogP contribution in [-0.2, 0) is 19.1 Å². The van der Waals surface area contributed by atoms with Crippen LogP contribution in [0.25, 0.3) is 0 Å².